The van der Waals surface area contributed by atoms with Gasteiger partial charge in [0.25, 0.3) is 0 Å². The molecule has 0 aromatic heterocycles. The van der Waals surface area contributed by atoms with Crippen molar-refractivity contribution in [2.75, 3.05) is 19.7 Å². The van der Waals surface area contributed by atoms with Crippen LogP contribution in [0.15, 0.2) is 18.2 Å². The number of nitrogens with one attached hydrogen (secondary N) is 1. The van der Waals surface area contributed by atoms with Crippen molar-refractivity contribution in [1.29, 1.82) is 0 Å². The van der Waals surface area contributed by atoms with E-state index in [2.05, 4.69) is 19.2 Å². The van der Waals surface area contributed by atoms with Gasteiger partial charge in [-0.15, -0.1) is 0 Å². The predicted molar refractivity (Wildman–Crippen MR) is 98.3 cm³/mol. The van der Waals surface area contributed by atoms with Crippen molar-refractivity contribution in [3.63, 3.8) is 0 Å². The number of hydrogen-bond donors (Lipinski definition) is 2. The largest absolute Gasteiger partial charge is 0.370 e. The Bertz CT molecular complexity index is 578. The first-order chi connectivity index (χ1) is 11.5. The summed E-state index contributed by atoms with van der Waals surface area (Å²) in [5.74, 6) is 0.184. The van der Waals surface area contributed by atoms with Gasteiger partial charge in [0, 0.05) is 35.2 Å². The molecule has 5 heteroatoms. The van der Waals surface area contributed by atoms with Gasteiger partial charge >= 0.3 is 0 Å². The molecule has 3 unspecified atom stereocenters. The van der Waals surface area contributed by atoms with Crippen LogP contribution in [0.5, 0.6) is 0 Å². The Labute approximate surface area is 150 Å². The predicted octanol–water partition coefficient (Wildman–Crippen LogP) is 3.72. The maximum Gasteiger partial charge on any atom is 0.248 e. The van der Waals surface area contributed by atoms with Gasteiger partial charge in [-0.1, -0.05) is 31.9 Å². The van der Waals surface area contributed by atoms with Crippen LogP contribution in [0.1, 0.15) is 56.0 Å². The monoisotopic (exact) mass is 352 g/mol. The highest BCUT2D eigenvalue weighted by atomic mass is 35.5. The Morgan fingerprint density at radius 2 is 2.17 bits per heavy atom. The fourth-order valence-electron chi connectivity index (χ4n) is 4.11. The zero-order valence-electron chi connectivity index (χ0n) is 14.9. The minimum atomic E-state index is -0.488. The number of primary amides is 1. The third-order valence-electron chi connectivity index (χ3n) is 5.22. The van der Waals surface area contributed by atoms with Gasteiger partial charge in [0.05, 0.1) is 0 Å². The third-order valence-corrected chi connectivity index (χ3v) is 5.55. The number of nitrogens with two attached hydrogens (primary N) is 1. The van der Waals surface area contributed by atoms with Crippen LogP contribution in [-0.2, 0) is 10.3 Å². The van der Waals surface area contributed by atoms with Crippen molar-refractivity contribution >= 4 is 17.5 Å². The molecule has 1 aliphatic rings. The van der Waals surface area contributed by atoms with E-state index in [1.165, 1.54) is 6.42 Å². The lowest BCUT2D eigenvalue weighted by Gasteiger charge is -2.49. The third kappa shape index (κ3) is 3.61. The van der Waals surface area contributed by atoms with E-state index < -0.39 is 11.5 Å². The molecule has 24 heavy (non-hydrogen) atoms. The van der Waals surface area contributed by atoms with Crippen molar-refractivity contribution in [3.8, 4) is 0 Å². The van der Waals surface area contributed by atoms with Crippen LogP contribution in [0, 0.1) is 11.8 Å². The Balaban J connectivity index is 2.58. The van der Waals surface area contributed by atoms with E-state index in [9.17, 15) is 4.79 Å². The Morgan fingerprint density at radius 3 is 2.79 bits per heavy atom. The van der Waals surface area contributed by atoms with Crippen LogP contribution in [0.3, 0.4) is 0 Å². The van der Waals surface area contributed by atoms with Gasteiger partial charge in [-0.25, -0.2) is 0 Å². The van der Waals surface area contributed by atoms with E-state index in [1.54, 1.807) is 12.1 Å². The van der Waals surface area contributed by atoms with Gasteiger partial charge in [0.2, 0.25) is 5.91 Å². The molecule has 4 nitrogen and oxygen atoms in total. The highest BCUT2D eigenvalue weighted by Gasteiger charge is 2.48. The summed E-state index contributed by atoms with van der Waals surface area (Å²) in [5, 5.41) is 4.11. The van der Waals surface area contributed by atoms with Gasteiger partial charge < -0.3 is 15.8 Å². The summed E-state index contributed by atoms with van der Waals surface area (Å²) in [7, 11) is 0. The molecule has 0 saturated heterocycles. The first-order valence-electron chi connectivity index (χ1n) is 8.91. The van der Waals surface area contributed by atoms with Crippen LogP contribution in [0.25, 0.3) is 0 Å². The second kappa shape index (κ2) is 8.32. The first kappa shape index (κ1) is 19.2. The first-order valence-corrected chi connectivity index (χ1v) is 9.29. The lowest BCUT2D eigenvalue weighted by atomic mass is 9.65. The quantitative estimate of drug-likeness (QED) is 0.786. The maximum absolute atomic E-state index is 11.7. The zero-order valence-corrected chi connectivity index (χ0v) is 15.7. The molecule has 3 atom stereocenters. The highest BCUT2D eigenvalue weighted by Crippen LogP contribution is 2.50. The van der Waals surface area contributed by atoms with Gasteiger partial charge in [-0.05, 0) is 50.4 Å². The van der Waals surface area contributed by atoms with Crippen LogP contribution in [0.4, 0.5) is 0 Å². The Morgan fingerprint density at radius 1 is 1.42 bits per heavy atom. The summed E-state index contributed by atoms with van der Waals surface area (Å²) < 4.78 is 6.42. The summed E-state index contributed by atoms with van der Waals surface area (Å²) in [6, 6.07) is 5.28. The average molecular weight is 353 g/mol. The molecule has 0 heterocycles. The van der Waals surface area contributed by atoms with E-state index in [1.807, 2.05) is 13.0 Å². The highest BCUT2D eigenvalue weighted by molar-refractivity contribution is 6.31. The van der Waals surface area contributed by atoms with Crippen LogP contribution >= 0.6 is 11.6 Å². The SMILES string of the molecule is CCNCC1CCCC(C)C1(OCC)c1cc(C(N)=O)ccc1Cl. The number of halogens is 1. The number of ether oxygens (including phenoxy) is 1. The van der Waals surface area contributed by atoms with E-state index in [-0.39, 0.29) is 0 Å². The van der Waals surface area contributed by atoms with Gasteiger partial charge in [0.15, 0.2) is 0 Å². The number of amides is 1. The van der Waals surface area contributed by atoms with Crippen molar-refractivity contribution < 1.29 is 9.53 Å². The maximum atomic E-state index is 11.7. The standard InChI is InChI=1S/C19H29ClN2O2/c1-4-22-12-15-8-6-7-13(3)19(15,24-5-2)16-11-14(18(21)23)9-10-17(16)20/h9-11,13,15,22H,4-8,12H2,1-3H3,(H2,21,23). The number of carbonyl (C=O) groups is 1. The molecular formula is C19H29ClN2O2. The lowest BCUT2D eigenvalue weighted by Crippen LogP contribution is -2.50. The van der Waals surface area contributed by atoms with Crippen molar-refractivity contribution in [1.82, 2.24) is 5.32 Å². The van der Waals surface area contributed by atoms with Crippen molar-refractivity contribution in [2.45, 2.75) is 45.6 Å². The van der Waals surface area contributed by atoms with E-state index >= 15 is 0 Å². The molecule has 1 amide bonds. The van der Waals surface area contributed by atoms with Crippen molar-refractivity contribution in [2.24, 2.45) is 17.6 Å². The lowest BCUT2D eigenvalue weighted by molar-refractivity contribution is -0.143. The number of benzene rings is 1. The molecule has 1 aliphatic carbocycles. The smallest absolute Gasteiger partial charge is 0.248 e. The molecule has 1 aromatic carbocycles. The van der Waals surface area contributed by atoms with Crippen LogP contribution < -0.4 is 11.1 Å². The van der Waals surface area contributed by atoms with Gasteiger partial charge in [-0.2, -0.15) is 0 Å². The molecule has 3 N–H and O–H groups in total. The minimum Gasteiger partial charge on any atom is -0.370 e. The molecule has 0 bridgehead atoms. The van der Waals surface area contributed by atoms with Crippen LogP contribution in [0.2, 0.25) is 5.02 Å². The number of carbonyl (C=O) groups excluding carboxylic acids is 1. The molecular weight excluding hydrogens is 324 g/mol. The van der Waals surface area contributed by atoms with Crippen molar-refractivity contribution in [3.05, 3.63) is 34.3 Å². The fourth-order valence-corrected chi connectivity index (χ4v) is 4.38. The fraction of sp³-hybridized carbons (Fsp3) is 0.632. The molecule has 134 valence electrons. The Hall–Kier alpha value is -1.10. The molecule has 1 aromatic rings. The summed E-state index contributed by atoms with van der Waals surface area (Å²) >= 11 is 6.57. The van der Waals surface area contributed by atoms with E-state index in [4.69, 9.17) is 22.1 Å². The van der Waals surface area contributed by atoms with Crippen LogP contribution in [-0.4, -0.2) is 25.6 Å². The van der Waals surface area contributed by atoms with Gasteiger partial charge in [-0.3, -0.25) is 4.79 Å². The van der Waals surface area contributed by atoms with Gasteiger partial charge in [0.1, 0.15) is 5.60 Å². The summed E-state index contributed by atoms with van der Waals surface area (Å²) in [5.41, 5.74) is 6.39. The summed E-state index contributed by atoms with van der Waals surface area (Å²) in [4.78, 5) is 11.7. The van der Waals surface area contributed by atoms with E-state index in [0.29, 0.717) is 29.0 Å². The molecule has 0 spiro atoms. The number of rotatable bonds is 7. The summed E-state index contributed by atoms with van der Waals surface area (Å²) in [6.45, 7) is 8.74. The second-order valence-electron chi connectivity index (χ2n) is 6.62. The summed E-state index contributed by atoms with van der Waals surface area (Å²) in [6.07, 6.45) is 3.34. The molecule has 1 fully saturated rings. The van der Waals surface area contributed by atoms with E-state index in [0.717, 1.165) is 31.5 Å². The molecule has 0 aliphatic heterocycles. The average Bonchev–Trinajstić information content (AvgIpc) is 2.55. The molecule has 0 radical (unpaired) electrons. The molecule has 1 saturated carbocycles. The zero-order chi connectivity index (χ0) is 17.7. The number of hydrogen-bond acceptors (Lipinski definition) is 3. The topological polar surface area (TPSA) is 64.3 Å². The second-order valence-corrected chi connectivity index (χ2v) is 7.03. The molecule has 2 rings (SSSR count). The Kier molecular flexibility index (Phi) is 6.67. The minimum absolute atomic E-state index is 0.307. The normalized spacial score (nSPS) is 27.2.